The quantitative estimate of drug-likeness (QED) is 0.572. The number of carboxylic acids is 1. The number of nitrogens with zero attached hydrogens (tertiary/aromatic N) is 6. The second kappa shape index (κ2) is 8.60. The lowest BCUT2D eigenvalue weighted by Gasteiger charge is -2.25. The summed E-state index contributed by atoms with van der Waals surface area (Å²) in [6.45, 7) is -1.91. The molecular weight excluding hydrogens is 446 g/mol. The maximum Gasteiger partial charge on any atom is 0.352 e. The summed E-state index contributed by atoms with van der Waals surface area (Å²) in [4.78, 5) is 41.4. The Balaban J connectivity index is 1.23. The molecule has 5 heterocycles. The predicted molar refractivity (Wildman–Crippen MR) is 131 cm³/mol. The summed E-state index contributed by atoms with van der Waals surface area (Å²) < 4.78 is 25.5. The Morgan fingerprint density at radius 2 is 1.94 bits per heavy atom. The lowest BCUT2D eigenvalue weighted by Crippen LogP contribution is -2.38. The van der Waals surface area contributed by atoms with E-state index in [2.05, 4.69) is 20.3 Å². The number of amides is 1. The van der Waals surface area contributed by atoms with Crippen LogP contribution in [-0.4, -0.2) is 67.0 Å². The molecule has 1 aliphatic carbocycles. The molecule has 2 aliphatic heterocycles. The van der Waals surface area contributed by atoms with Gasteiger partial charge in [0.2, 0.25) is 11.9 Å². The first-order valence-electron chi connectivity index (χ1n) is 13.6. The van der Waals surface area contributed by atoms with Gasteiger partial charge in [-0.2, -0.15) is 4.98 Å². The van der Waals surface area contributed by atoms with Crippen molar-refractivity contribution in [1.82, 2.24) is 24.4 Å². The van der Waals surface area contributed by atoms with Crippen molar-refractivity contribution in [3.8, 4) is 0 Å². The molecule has 182 valence electrons. The van der Waals surface area contributed by atoms with Crippen molar-refractivity contribution < 1.29 is 18.8 Å². The molecule has 2 bridgehead atoms. The monoisotopic (exact) mass is 478 g/mol. The van der Waals surface area contributed by atoms with Crippen LogP contribution in [0.1, 0.15) is 65.6 Å². The van der Waals surface area contributed by atoms with Crippen LogP contribution in [0.5, 0.6) is 0 Å². The molecule has 10 nitrogen and oxygen atoms in total. The normalized spacial score (nSPS) is 24.9. The number of pyridine rings is 1. The summed E-state index contributed by atoms with van der Waals surface area (Å²) in [5, 5.41) is 13.5. The van der Waals surface area contributed by atoms with Gasteiger partial charge < -0.3 is 19.9 Å². The zero-order chi connectivity index (χ0) is 26.6. The Hall–Kier alpha value is -3.53. The smallest absolute Gasteiger partial charge is 0.352 e. The predicted octanol–water partition coefficient (Wildman–Crippen LogP) is 3.58. The minimum Gasteiger partial charge on any atom is -0.477 e. The molecule has 0 radical (unpaired) electrons. The van der Waals surface area contributed by atoms with Gasteiger partial charge >= 0.3 is 5.97 Å². The molecule has 2 N–H and O–H groups in total. The third-order valence-electron chi connectivity index (χ3n) is 7.51. The van der Waals surface area contributed by atoms with Crippen LogP contribution in [0.25, 0.3) is 11.0 Å². The van der Waals surface area contributed by atoms with Crippen LogP contribution in [0.2, 0.25) is 0 Å². The highest BCUT2D eigenvalue weighted by molar-refractivity contribution is 5.94. The molecule has 3 aromatic rings. The van der Waals surface area contributed by atoms with E-state index in [1.54, 1.807) is 35.5 Å². The van der Waals surface area contributed by atoms with Crippen molar-refractivity contribution >= 4 is 40.4 Å². The Morgan fingerprint density at radius 1 is 1.11 bits per heavy atom. The lowest BCUT2D eigenvalue weighted by molar-refractivity contribution is -0.119. The van der Waals surface area contributed by atoms with E-state index in [1.165, 1.54) is 4.90 Å². The van der Waals surface area contributed by atoms with E-state index in [9.17, 15) is 14.7 Å². The van der Waals surface area contributed by atoms with E-state index in [0.717, 1.165) is 32.1 Å². The van der Waals surface area contributed by atoms with Crippen molar-refractivity contribution in [3.05, 3.63) is 36.3 Å². The average molecular weight is 479 g/mol. The third-order valence-corrected chi connectivity index (χ3v) is 7.51. The second-order valence-electron chi connectivity index (χ2n) is 9.64. The molecule has 6 rings (SSSR count). The van der Waals surface area contributed by atoms with Gasteiger partial charge in [0.05, 0.1) is 11.9 Å². The molecule has 3 aromatic heterocycles. The first-order chi connectivity index (χ1) is 18.2. The van der Waals surface area contributed by atoms with E-state index in [-0.39, 0.29) is 36.1 Å². The van der Waals surface area contributed by atoms with E-state index in [4.69, 9.17) is 4.11 Å². The van der Waals surface area contributed by atoms with E-state index in [0.29, 0.717) is 41.5 Å². The van der Waals surface area contributed by atoms with Crippen LogP contribution in [-0.2, 0) is 4.79 Å². The van der Waals surface area contributed by atoms with E-state index < -0.39 is 12.9 Å². The number of hydrogen-bond donors (Lipinski definition) is 2. The second-order valence-corrected chi connectivity index (χ2v) is 9.64. The number of carbonyl (C=O) groups excluding carboxylic acids is 1. The molecule has 3 aliphatic rings. The van der Waals surface area contributed by atoms with Crippen molar-refractivity contribution in [3.63, 3.8) is 0 Å². The summed E-state index contributed by atoms with van der Waals surface area (Å²) in [6, 6.07) is 4.72. The van der Waals surface area contributed by atoms with Gasteiger partial charge in [-0.05, 0) is 50.9 Å². The first-order valence-corrected chi connectivity index (χ1v) is 12.1. The molecule has 35 heavy (non-hydrogen) atoms. The molecule has 0 unspecified atom stereocenters. The van der Waals surface area contributed by atoms with Crippen molar-refractivity contribution in [2.75, 3.05) is 23.7 Å². The highest BCUT2D eigenvalue weighted by atomic mass is 16.4. The summed E-state index contributed by atoms with van der Waals surface area (Å²) >= 11 is 0. The Labute approximate surface area is 207 Å². The molecule has 0 spiro atoms. The Bertz CT molecular complexity index is 1390. The number of carbonyl (C=O) groups is 2. The number of hydrogen-bond acceptors (Lipinski definition) is 7. The number of anilines is 3. The number of nitrogens with one attached hydrogen (secondary N) is 1. The molecule has 2 atom stereocenters. The standard InChI is InChI=1S/C25H29N7O3/c1-30-17-6-7-19(30)14-31(22(33)11-17)18-8-9-21(26-13-18)28-25-27-12-15-10-20(24(34)35)32(23(15)29-25)16-4-2-3-5-16/h8-10,12-13,16-17,19H,2-7,11,14H2,1H3,(H,34,35)(H,26,27,28,29)/t17-,19+/m1/s1/i1D3. The van der Waals surface area contributed by atoms with Gasteiger partial charge in [0, 0.05) is 46.8 Å². The van der Waals surface area contributed by atoms with Crippen LogP contribution in [0, 0.1) is 0 Å². The minimum absolute atomic E-state index is 0.0985. The molecule has 2 saturated heterocycles. The number of fused-ring (bicyclic) bond motifs is 3. The van der Waals surface area contributed by atoms with Crippen molar-refractivity contribution in [2.45, 2.75) is 63.1 Å². The first kappa shape index (κ1) is 18.8. The van der Waals surface area contributed by atoms with Gasteiger partial charge in [0.1, 0.15) is 17.2 Å². The molecular formula is C25H29N7O3. The Kier molecular flexibility index (Phi) is 4.61. The minimum atomic E-state index is -2.22. The van der Waals surface area contributed by atoms with Crippen molar-refractivity contribution in [1.29, 1.82) is 0 Å². The van der Waals surface area contributed by atoms with Gasteiger partial charge in [-0.25, -0.2) is 14.8 Å². The zero-order valence-corrected chi connectivity index (χ0v) is 19.2. The fraction of sp³-hybridized carbons (Fsp3) is 0.480. The number of aromatic nitrogens is 4. The fourth-order valence-electron chi connectivity index (χ4n) is 5.71. The highest BCUT2D eigenvalue weighted by Crippen LogP contribution is 2.35. The summed E-state index contributed by atoms with van der Waals surface area (Å²) in [6.07, 6.45) is 8.77. The van der Waals surface area contributed by atoms with Crippen LogP contribution in [0.3, 0.4) is 0 Å². The summed E-state index contributed by atoms with van der Waals surface area (Å²) in [5.41, 5.74) is 1.40. The van der Waals surface area contributed by atoms with E-state index >= 15 is 0 Å². The van der Waals surface area contributed by atoms with Crippen molar-refractivity contribution in [2.24, 2.45) is 0 Å². The fourth-order valence-corrected chi connectivity index (χ4v) is 5.71. The number of aromatic carboxylic acids is 1. The van der Waals surface area contributed by atoms with Gasteiger partial charge in [0.25, 0.3) is 0 Å². The van der Waals surface area contributed by atoms with Crippen LogP contribution in [0.15, 0.2) is 30.6 Å². The average Bonchev–Trinajstić information content (AvgIpc) is 3.58. The maximum absolute atomic E-state index is 13.0. The zero-order valence-electron chi connectivity index (χ0n) is 22.2. The molecule has 1 saturated carbocycles. The van der Waals surface area contributed by atoms with Gasteiger partial charge in [-0.3, -0.25) is 9.69 Å². The summed E-state index contributed by atoms with van der Waals surface area (Å²) in [5.74, 6) is -0.327. The topological polar surface area (TPSA) is 116 Å². The molecule has 10 heteroatoms. The number of likely N-dealkylation sites (N-methyl/N-ethyl adjacent to an activating group) is 1. The van der Waals surface area contributed by atoms with Crippen LogP contribution in [0.4, 0.5) is 17.5 Å². The van der Waals surface area contributed by atoms with Gasteiger partial charge in [0.15, 0.2) is 0 Å². The lowest BCUT2D eigenvalue weighted by atomic mass is 10.1. The van der Waals surface area contributed by atoms with Gasteiger partial charge in [-0.15, -0.1) is 0 Å². The summed E-state index contributed by atoms with van der Waals surface area (Å²) in [7, 11) is 0. The Morgan fingerprint density at radius 3 is 2.69 bits per heavy atom. The van der Waals surface area contributed by atoms with Crippen LogP contribution < -0.4 is 10.2 Å². The number of carboxylic acid groups (broad SMARTS) is 1. The van der Waals surface area contributed by atoms with Crippen LogP contribution >= 0.6 is 0 Å². The SMILES string of the molecule is [2H]C([2H])([2H])N1[C@@H]2CC[C@H]1CN(c1ccc(Nc3ncc4cc(C(=O)O)n(C5CCCC5)c4n3)nc1)C(=O)C2. The maximum atomic E-state index is 13.0. The molecule has 1 amide bonds. The third kappa shape index (κ3) is 3.91. The van der Waals surface area contributed by atoms with E-state index in [1.807, 2.05) is 4.57 Å². The number of rotatable bonds is 5. The van der Waals surface area contributed by atoms with Gasteiger partial charge in [-0.1, -0.05) is 12.8 Å². The highest BCUT2D eigenvalue weighted by Gasteiger charge is 2.38. The molecule has 0 aromatic carbocycles. The molecule has 3 fully saturated rings. The largest absolute Gasteiger partial charge is 0.477 e.